The Bertz CT molecular complexity index is 775. The third-order valence-electron chi connectivity index (χ3n) is 4.22. The van der Waals surface area contributed by atoms with E-state index in [4.69, 9.17) is 9.15 Å². The van der Waals surface area contributed by atoms with E-state index in [2.05, 4.69) is 10.6 Å². The fourth-order valence-corrected chi connectivity index (χ4v) is 2.94. The minimum atomic E-state index is -0.297. The summed E-state index contributed by atoms with van der Waals surface area (Å²) in [6.07, 6.45) is 2.05. The summed E-state index contributed by atoms with van der Waals surface area (Å²) in [5, 5.41) is 5.67. The van der Waals surface area contributed by atoms with Gasteiger partial charge in [-0.1, -0.05) is 12.1 Å². The molecule has 0 bridgehead atoms. The molecule has 1 atom stereocenters. The molecule has 1 aliphatic heterocycles. The van der Waals surface area contributed by atoms with E-state index in [1.54, 1.807) is 44.2 Å². The average molecular weight is 342 g/mol. The molecule has 2 amide bonds. The minimum Gasteiger partial charge on any atom is -0.466 e. The van der Waals surface area contributed by atoms with Crippen LogP contribution in [0.1, 0.15) is 45.1 Å². The first-order valence-corrected chi connectivity index (χ1v) is 8.42. The summed E-state index contributed by atoms with van der Waals surface area (Å²) in [7, 11) is 0. The van der Waals surface area contributed by atoms with Crippen LogP contribution in [0, 0.1) is 13.8 Å². The maximum Gasteiger partial charge on any atom is 0.259 e. The molecule has 0 radical (unpaired) electrons. The summed E-state index contributed by atoms with van der Waals surface area (Å²) in [5.74, 6) is 0.695. The Labute approximate surface area is 146 Å². The van der Waals surface area contributed by atoms with Gasteiger partial charge in [0.2, 0.25) is 0 Å². The van der Waals surface area contributed by atoms with Crippen molar-refractivity contribution in [2.24, 2.45) is 0 Å². The number of amides is 2. The highest BCUT2D eigenvalue weighted by atomic mass is 16.5. The molecular formula is C19H22N2O4. The van der Waals surface area contributed by atoms with Crippen LogP contribution in [0.2, 0.25) is 0 Å². The van der Waals surface area contributed by atoms with Gasteiger partial charge in [0.15, 0.2) is 0 Å². The zero-order chi connectivity index (χ0) is 17.8. The molecule has 132 valence electrons. The summed E-state index contributed by atoms with van der Waals surface area (Å²) < 4.78 is 10.9. The van der Waals surface area contributed by atoms with E-state index in [1.807, 2.05) is 0 Å². The topological polar surface area (TPSA) is 80.6 Å². The Morgan fingerprint density at radius 3 is 2.64 bits per heavy atom. The predicted molar refractivity (Wildman–Crippen MR) is 93.9 cm³/mol. The zero-order valence-corrected chi connectivity index (χ0v) is 14.4. The maximum absolute atomic E-state index is 12.5. The van der Waals surface area contributed by atoms with Gasteiger partial charge in [-0.3, -0.25) is 9.59 Å². The van der Waals surface area contributed by atoms with Crippen molar-refractivity contribution in [3.05, 3.63) is 53.0 Å². The zero-order valence-electron chi connectivity index (χ0n) is 14.4. The van der Waals surface area contributed by atoms with Crippen LogP contribution in [0.5, 0.6) is 0 Å². The van der Waals surface area contributed by atoms with Crippen LogP contribution >= 0.6 is 0 Å². The average Bonchev–Trinajstić information content (AvgIpc) is 3.22. The molecule has 3 rings (SSSR count). The Kier molecular flexibility index (Phi) is 5.19. The maximum atomic E-state index is 12.5. The van der Waals surface area contributed by atoms with E-state index in [0.717, 1.165) is 19.4 Å². The Balaban J connectivity index is 1.70. The van der Waals surface area contributed by atoms with Gasteiger partial charge in [0.05, 0.1) is 22.9 Å². The smallest absolute Gasteiger partial charge is 0.259 e. The number of furan rings is 1. The van der Waals surface area contributed by atoms with E-state index in [-0.39, 0.29) is 17.9 Å². The fraction of sp³-hybridized carbons (Fsp3) is 0.368. The number of rotatable bonds is 5. The highest BCUT2D eigenvalue weighted by molar-refractivity contribution is 6.09. The molecule has 1 fully saturated rings. The van der Waals surface area contributed by atoms with Crippen molar-refractivity contribution < 1.29 is 18.7 Å². The number of carbonyl (C=O) groups excluding carboxylic acids is 2. The summed E-state index contributed by atoms with van der Waals surface area (Å²) in [6.45, 7) is 4.75. The van der Waals surface area contributed by atoms with Gasteiger partial charge in [-0.15, -0.1) is 0 Å². The molecule has 6 heteroatoms. The molecule has 1 aliphatic rings. The fourth-order valence-electron chi connectivity index (χ4n) is 2.94. The molecule has 1 saturated heterocycles. The second-order valence-electron chi connectivity index (χ2n) is 6.17. The second kappa shape index (κ2) is 7.53. The largest absolute Gasteiger partial charge is 0.466 e. The van der Waals surface area contributed by atoms with Gasteiger partial charge in [0.25, 0.3) is 11.8 Å². The first-order chi connectivity index (χ1) is 12.0. The number of hydrogen-bond acceptors (Lipinski definition) is 4. The van der Waals surface area contributed by atoms with E-state index < -0.39 is 0 Å². The minimum absolute atomic E-state index is 0.0715. The summed E-state index contributed by atoms with van der Waals surface area (Å²) in [4.78, 5) is 24.9. The monoisotopic (exact) mass is 342 g/mol. The van der Waals surface area contributed by atoms with E-state index in [1.165, 1.54) is 0 Å². The molecule has 1 aromatic carbocycles. The number of carbonyl (C=O) groups is 2. The molecule has 2 aromatic rings. The first-order valence-electron chi connectivity index (χ1n) is 8.42. The molecule has 0 aliphatic carbocycles. The van der Waals surface area contributed by atoms with Crippen LogP contribution in [-0.2, 0) is 4.74 Å². The number of hydrogen-bond donors (Lipinski definition) is 2. The number of para-hydroxylation sites is 1. The van der Waals surface area contributed by atoms with Crippen LogP contribution in [0.3, 0.4) is 0 Å². The van der Waals surface area contributed by atoms with Crippen molar-refractivity contribution in [1.29, 1.82) is 0 Å². The van der Waals surface area contributed by atoms with Gasteiger partial charge in [-0.25, -0.2) is 0 Å². The summed E-state index contributed by atoms with van der Waals surface area (Å²) >= 11 is 0. The first kappa shape index (κ1) is 17.2. The molecule has 1 aromatic heterocycles. The van der Waals surface area contributed by atoms with Crippen molar-refractivity contribution >= 4 is 17.5 Å². The second-order valence-corrected chi connectivity index (χ2v) is 6.17. The van der Waals surface area contributed by atoms with Gasteiger partial charge in [-0.05, 0) is 44.9 Å². The molecule has 0 saturated carbocycles. The molecule has 6 nitrogen and oxygen atoms in total. The van der Waals surface area contributed by atoms with Gasteiger partial charge in [0, 0.05) is 13.2 Å². The molecular weight excluding hydrogens is 320 g/mol. The molecule has 25 heavy (non-hydrogen) atoms. The van der Waals surface area contributed by atoms with Gasteiger partial charge >= 0.3 is 0 Å². The van der Waals surface area contributed by atoms with Crippen molar-refractivity contribution in [3.8, 4) is 0 Å². The summed E-state index contributed by atoms with van der Waals surface area (Å²) in [5.41, 5.74) is 1.36. The lowest BCUT2D eigenvalue weighted by Gasteiger charge is -2.13. The third-order valence-corrected chi connectivity index (χ3v) is 4.22. The quantitative estimate of drug-likeness (QED) is 0.875. The lowest BCUT2D eigenvalue weighted by Crippen LogP contribution is -2.32. The lowest BCUT2D eigenvalue weighted by molar-refractivity contribution is 0.0858. The standard InChI is InChI=1S/C19H22N2O4/c1-12-10-16(13(2)25-12)19(23)21-17-8-4-3-7-15(17)18(22)20-11-14-6-5-9-24-14/h3-4,7-8,10,14H,5-6,9,11H2,1-2H3,(H,20,22)(H,21,23)/t14-/m0/s1. The third kappa shape index (κ3) is 4.09. The number of ether oxygens (including phenoxy) is 1. The Hall–Kier alpha value is -2.60. The highest BCUT2D eigenvalue weighted by Gasteiger charge is 2.19. The summed E-state index contributed by atoms with van der Waals surface area (Å²) in [6, 6.07) is 8.63. The van der Waals surface area contributed by atoms with Crippen molar-refractivity contribution in [2.75, 3.05) is 18.5 Å². The molecule has 2 N–H and O–H groups in total. The number of anilines is 1. The highest BCUT2D eigenvalue weighted by Crippen LogP contribution is 2.19. The van der Waals surface area contributed by atoms with E-state index in [0.29, 0.717) is 34.9 Å². The SMILES string of the molecule is Cc1cc(C(=O)Nc2ccccc2C(=O)NC[C@@H]2CCCO2)c(C)o1. The van der Waals surface area contributed by atoms with Gasteiger partial charge in [0.1, 0.15) is 11.5 Å². The molecule has 2 heterocycles. The van der Waals surface area contributed by atoms with E-state index in [9.17, 15) is 9.59 Å². The van der Waals surface area contributed by atoms with Crippen molar-refractivity contribution in [1.82, 2.24) is 5.32 Å². The van der Waals surface area contributed by atoms with Crippen molar-refractivity contribution in [2.45, 2.75) is 32.8 Å². The lowest BCUT2D eigenvalue weighted by atomic mass is 10.1. The number of nitrogens with one attached hydrogen (secondary N) is 2. The van der Waals surface area contributed by atoms with Gasteiger partial charge < -0.3 is 19.8 Å². The normalized spacial score (nSPS) is 16.6. The van der Waals surface area contributed by atoms with E-state index >= 15 is 0 Å². The number of aryl methyl sites for hydroxylation is 2. The Morgan fingerprint density at radius 1 is 1.16 bits per heavy atom. The molecule has 0 unspecified atom stereocenters. The van der Waals surface area contributed by atoms with Crippen LogP contribution in [0.15, 0.2) is 34.7 Å². The van der Waals surface area contributed by atoms with Crippen LogP contribution in [0.25, 0.3) is 0 Å². The number of benzene rings is 1. The van der Waals surface area contributed by atoms with Crippen LogP contribution in [0.4, 0.5) is 5.69 Å². The Morgan fingerprint density at radius 2 is 1.96 bits per heavy atom. The van der Waals surface area contributed by atoms with Crippen molar-refractivity contribution in [3.63, 3.8) is 0 Å². The van der Waals surface area contributed by atoms with Gasteiger partial charge in [-0.2, -0.15) is 0 Å². The van der Waals surface area contributed by atoms with Crippen LogP contribution < -0.4 is 10.6 Å². The van der Waals surface area contributed by atoms with Crippen LogP contribution in [-0.4, -0.2) is 31.1 Å². The molecule has 0 spiro atoms. The predicted octanol–water partition coefficient (Wildman–Crippen LogP) is 3.06.